The molecule has 146 valence electrons. The van der Waals surface area contributed by atoms with Crippen molar-refractivity contribution in [1.82, 2.24) is 14.7 Å². The van der Waals surface area contributed by atoms with E-state index in [-0.39, 0.29) is 17.5 Å². The second-order valence-corrected chi connectivity index (χ2v) is 7.56. The van der Waals surface area contributed by atoms with Gasteiger partial charge in [0.1, 0.15) is 11.6 Å². The number of thiazole rings is 1. The SMILES string of the molecule is Cc1c(CNC(=O)/C=C/c2ccc(F)cc2)sc2nc(-c3ccc(F)cc3)cn12. The minimum atomic E-state index is -0.313. The third kappa shape index (κ3) is 4.25. The minimum absolute atomic E-state index is 0.230. The third-order valence-electron chi connectivity index (χ3n) is 4.51. The number of aryl methyl sites for hydroxylation is 1. The fraction of sp³-hybridized carbons (Fsp3) is 0.0909. The summed E-state index contributed by atoms with van der Waals surface area (Å²) in [5.74, 6) is -0.823. The van der Waals surface area contributed by atoms with Crippen molar-refractivity contribution >= 4 is 28.3 Å². The van der Waals surface area contributed by atoms with Crippen LogP contribution in [0.3, 0.4) is 0 Å². The fourth-order valence-corrected chi connectivity index (χ4v) is 3.93. The highest BCUT2D eigenvalue weighted by molar-refractivity contribution is 7.17. The monoisotopic (exact) mass is 409 g/mol. The first-order chi connectivity index (χ1) is 14.0. The van der Waals surface area contributed by atoms with Crippen molar-refractivity contribution in [3.8, 4) is 11.3 Å². The molecule has 0 saturated heterocycles. The van der Waals surface area contributed by atoms with Crippen LogP contribution in [0.4, 0.5) is 8.78 Å². The predicted octanol–water partition coefficient (Wildman–Crippen LogP) is 4.98. The van der Waals surface area contributed by atoms with Crippen LogP contribution in [0.2, 0.25) is 0 Å². The molecule has 1 N–H and O–H groups in total. The second kappa shape index (κ2) is 7.97. The van der Waals surface area contributed by atoms with E-state index in [4.69, 9.17) is 0 Å². The summed E-state index contributed by atoms with van der Waals surface area (Å²) in [6, 6.07) is 12.1. The maximum atomic E-state index is 13.1. The van der Waals surface area contributed by atoms with Crippen LogP contribution in [0, 0.1) is 18.6 Å². The third-order valence-corrected chi connectivity index (χ3v) is 5.67. The van der Waals surface area contributed by atoms with Crippen LogP contribution in [0.25, 0.3) is 22.3 Å². The normalized spacial score (nSPS) is 11.4. The van der Waals surface area contributed by atoms with Crippen LogP contribution >= 0.6 is 11.3 Å². The van der Waals surface area contributed by atoms with E-state index in [9.17, 15) is 13.6 Å². The molecule has 0 spiro atoms. The lowest BCUT2D eigenvalue weighted by Gasteiger charge is -2.01. The zero-order chi connectivity index (χ0) is 20.4. The Bertz CT molecular complexity index is 1190. The minimum Gasteiger partial charge on any atom is -0.348 e. The Labute approximate surface area is 170 Å². The lowest BCUT2D eigenvalue weighted by atomic mass is 10.2. The summed E-state index contributed by atoms with van der Waals surface area (Å²) in [7, 11) is 0. The number of nitrogens with one attached hydrogen (secondary N) is 1. The number of nitrogens with zero attached hydrogens (tertiary/aromatic N) is 2. The van der Waals surface area contributed by atoms with Crippen molar-refractivity contribution in [3.63, 3.8) is 0 Å². The van der Waals surface area contributed by atoms with Gasteiger partial charge in [-0.1, -0.05) is 23.5 Å². The van der Waals surface area contributed by atoms with Crippen LogP contribution in [-0.4, -0.2) is 15.3 Å². The van der Waals surface area contributed by atoms with Gasteiger partial charge in [0.15, 0.2) is 4.96 Å². The molecule has 2 aromatic heterocycles. The molecule has 0 atom stereocenters. The van der Waals surface area contributed by atoms with Gasteiger partial charge in [-0.2, -0.15) is 0 Å². The van der Waals surface area contributed by atoms with Gasteiger partial charge < -0.3 is 5.32 Å². The molecule has 29 heavy (non-hydrogen) atoms. The van der Waals surface area contributed by atoms with Crippen molar-refractivity contribution < 1.29 is 13.6 Å². The molecule has 1 amide bonds. The smallest absolute Gasteiger partial charge is 0.244 e. The summed E-state index contributed by atoms with van der Waals surface area (Å²) in [4.78, 5) is 18.5. The van der Waals surface area contributed by atoms with Crippen LogP contribution in [0.15, 0.2) is 60.8 Å². The highest BCUT2D eigenvalue weighted by atomic mass is 32.1. The van der Waals surface area contributed by atoms with Crippen LogP contribution < -0.4 is 5.32 Å². The summed E-state index contributed by atoms with van der Waals surface area (Å²) >= 11 is 1.50. The van der Waals surface area contributed by atoms with Gasteiger partial charge in [-0.25, -0.2) is 13.8 Å². The Morgan fingerprint density at radius 3 is 2.41 bits per heavy atom. The molecule has 4 rings (SSSR count). The topological polar surface area (TPSA) is 46.4 Å². The van der Waals surface area contributed by atoms with E-state index in [0.717, 1.165) is 32.4 Å². The van der Waals surface area contributed by atoms with E-state index in [1.165, 1.54) is 41.7 Å². The Morgan fingerprint density at radius 2 is 1.76 bits per heavy atom. The van der Waals surface area contributed by atoms with Crippen LogP contribution in [0.5, 0.6) is 0 Å². The molecule has 2 heterocycles. The van der Waals surface area contributed by atoms with Gasteiger partial charge in [-0.05, 0) is 55.0 Å². The molecule has 2 aromatic carbocycles. The Morgan fingerprint density at radius 1 is 1.10 bits per heavy atom. The summed E-state index contributed by atoms with van der Waals surface area (Å²) in [5.41, 5.74) is 3.37. The van der Waals surface area contributed by atoms with E-state index in [1.807, 2.05) is 17.5 Å². The van der Waals surface area contributed by atoms with Crippen LogP contribution in [0.1, 0.15) is 16.1 Å². The quantitative estimate of drug-likeness (QED) is 0.473. The fourth-order valence-electron chi connectivity index (χ4n) is 2.89. The maximum Gasteiger partial charge on any atom is 0.244 e. The number of rotatable bonds is 5. The number of hydrogen-bond acceptors (Lipinski definition) is 3. The van der Waals surface area contributed by atoms with E-state index < -0.39 is 0 Å². The number of aromatic nitrogens is 2. The molecule has 0 aliphatic heterocycles. The summed E-state index contributed by atoms with van der Waals surface area (Å²) in [6.07, 6.45) is 4.97. The first kappa shape index (κ1) is 19.0. The lowest BCUT2D eigenvalue weighted by molar-refractivity contribution is -0.116. The lowest BCUT2D eigenvalue weighted by Crippen LogP contribution is -2.20. The van der Waals surface area contributed by atoms with Crippen molar-refractivity contribution in [2.24, 2.45) is 0 Å². The molecular formula is C22H17F2N3OS. The number of carbonyl (C=O) groups is 1. The first-order valence-corrected chi connectivity index (χ1v) is 9.76. The summed E-state index contributed by atoms with van der Waals surface area (Å²) < 4.78 is 28.0. The highest BCUT2D eigenvalue weighted by Crippen LogP contribution is 2.27. The molecule has 7 heteroatoms. The number of amides is 1. The predicted molar refractivity (Wildman–Crippen MR) is 110 cm³/mol. The zero-order valence-electron chi connectivity index (χ0n) is 15.5. The number of benzene rings is 2. The number of halogens is 2. The van der Waals surface area contributed by atoms with E-state index in [0.29, 0.717) is 6.54 Å². The average molecular weight is 409 g/mol. The molecule has 0 saturated carbocycles. The molecule has 0 unspecified atom stereocenters. The molecular weight excluding hydrogens is 392 g/mol. The van der Waals surface area contributed by atoms with Crippen molar-refractivity contribution in [1.29, 1.82) is 0 Å². The van der Waals surface area contributed by atoms with Gasteiger partial charge >= 0.3 is 0 Å². The highest BCUT2D eigenvalue weighted by Gasteiger charge is 2.13. The summed E-state index contributed by atoms with van der Waals surface area (Å²) in [5, 5.41) is 2.85. The largest absolute Gasteiger partial charge is 0.348 e. The number of hydrogen-bond donors (Lipinski definition) is 1. The Hall–Kier alpha value is -3.32. The molecule has 0 aliphatic rings. The molecule has 0 radical (unpaired) electrons. The van der Waals surface area contributed by atoms with Gasteiger partial charge in [0.25, 0.3) is 0 Å². The molecule has 4 nitrogen and oxygen atoms in total. The van der Waals surface area contributed by atoms with E-state index >= 15 is 0 Å². The van der Waals surface area contributed by atoms with Gasteiger partial charge in [-0.15, -0.1) is 0 Å². The molecule has 4 aromatic rings. The summed E-state index contributed by atoms with van der Waals surface area (Å²) in [6.45, 7) is 2.35. The van der Waals surface area contributed by atoms with Crippen molar-refractivity contribution in [2.75, 3.05) is 0 Å². The number of imidazole rings is 1. The zero-order valence-corrected chi connectivity index (χ0v) is 16.3. The van der Waals surface area contributed by atoms with E-state index in [2.05, 4.69) is 10.3 Å². The van der Waals surface area contributed by atoms with Crippen molar-refractivity contribution in [2.45, 2.75) is 13.5 Å². The molecule has 0 fully saturated rings. The van der Waals surface area contributed by atoms with Gasteiger partial charge in [0, 0.05) is 28.4 Å². The standard InChI is InChI=1S/C22H17F2N3OS/c1-14-20(12-25-21(28)11-4-15-2-7-17(23)8-3-15)29-22-26-19(13-27(14)22)16-5-9-18(24)10-6-16/h2-11,13H,12H2,1H3,(H,25,28)/b11-4+. The van der Waals surface area contributed by atoms with Crippen LogP contribution in [-0.2, 0) is 11.3 Å². The Balaban J connectivity index is 1.43. The van der Waals surface area contributed by atoms with E-state index in [1.54, 1.807) is 30.3 Å². The molecule has 0 bridgehead atoms. The number of fused-ring (bicyclic) bond motifs is 1. The molecule has 0 aliphatic carbocycles. The van der Waals surface area contributed by atoms with Gasteiger partial charge in [0.2, 0.25) is 5.91 Å². The Kier molecular flexibility index (Phi) is 5.22. The maximum absolute atomic E-state index is 13.1. The van der Waals surface area contributed by atoms with Gasteiger partial charge in [0.05, 0.1) is 12.2 Å². The van der Waals surface area contributed by atoms with Crippen molar-refractivity contribution in [3.05, 3.63) is 88.6 Å². The second-order valence-electron chi connectivity index (χ2n) is 6.50. The average Bonchev–Trinajstić information content (AvgIpc) is 3.26. The van der Waals surface area contributed by atoms with Gasteiger partial charge in [-0.3, -0.25) is 9.20 Å². The number of carbonyl (C=O) groups excluding carboxylic acids is 1. The first-order valence-electron chi connectivity index (χ1n) is 8.94.